The van der Waals surface area contributed by atoms with E-state index in [4.69, 9.17) is 0 Å². The molecule has 0 bridgehead atoms. The van der Waals surface area contributed by atoms with Gasteiger partial charge in [-0.15, -0.1) is 0 Å². The SMILES string of the molecule is CN(C)CCCn1cc2ccc(-c3cccc(C(F)(F)F)c3)cc2n1. The Morgan fingerprint density at radius 2 is 1.80 bits per heavy atom. The summed E-state index contributed by atoms with van der Waals surface area (Å²) in [5, 5.41) is 5.53. The van der Waals surface area contributed by atoms with Gasteiger partial charge >= 0.3 is 6.18 Å². The molecule has 0 aliphatic carbocycles. The summed E-state index contributed by atoms with van der Waals surface area (Å²) in [6.45, 7) is 1.79. The Morgan fingerprint density at radius 1 is 1.04 bits per heavy atom. The van der Waals surface area contributed by atoms with Crippen LogP contribution in [0.4, 0.5) is 13.2 Å². The summed E-state index contributed by atoms with van der Waals surface area (Å²) in [7, 11) is 4.06. The third kappa shape index (κ3) is 4.20. The minimum absolute atomic E-state index is 0.541. The lowest BCUT2D eigenvalue weighted by molar-refractivity contribution is -0.137. The van der Waals surface area contributed by atoms with Crippen LogP contribution in [0.5, 0.6) is 0 Å². The van der Waals surface area contributed by atoms with E-state index in [2.05, 4.69) is 10.00 Å². The summed E-state index contributed by atoms with van der Waals surface area (Å²) in [5.41, 5.74) is 1.43. The Kier molecular flexibility index (Phi) is 4.81. The number of aryl methyl sites for hydroxylation is 1. The first-order chi connectivity index (χ1) is 11.8. The van der Waals surface area contributed by atoms with Gasteiger partial charge < -0.3 is 4.90 Å². The molecule has 0 N–H and O–H groups in total. The zero-order valence-electron chi connectivity index (χ0n) is 14.2. The molecule has 6 heteroatoms. The Bertz CT molecular complexity index is 866. The van der Waals surface area contributed by atoms with Crippen molar-refractivity contribution in [2.24, 2.45) is 0 Å². The van der Waals surface area contributed by atoms with Crippen molar-refractivity contribution in [3.05, 3.63) is 54.2 Å². The first-order valence-electron chi connectivity index (χ1n) is 8.12. The van der Waals surface area contributed by atoms with Crippen LogP contribution in [0.1, 0.15) is 12.0 Å². The van der Waals surface area contributed by atoms with Crippen LogP contribution in [0, 0.1) is 0 Å². The molecule has 0 amide bonds. The minimum atomic E-state index is -4.34. The van der Waals surface area contributed by atoms with Gasteiger partial charge in [0.1, 0.15) is 0 Å². The van der Waals surface area contributed by atoms with E-state index in [1.807, 2.05) is 43.2 Å². The average molecular weight is 347 g/mol. The highest BCUT2D eigenvalue weighted by atomic mass is 19.4. The van der Waals surface area contributed by atoms with Crippen LogP contribution >= 0.6 is 0 Å². The number of nitrogens with zero attached hydrogens (tertiary/aromatic N) is 3. The smallest absolute Gasteiger partial charge is 0.309 e. The molecular weight excluding hydrogens is 327 g/mol. The van der Waals surface area contributed by atoms with Crippen LogP contribution in [0.3, 0.4) is 0 Å². The number of aromatic nitrogens is 2. The first-order valence-corrected chi connectivity index (χ1v) is 8.12. The molecule has 0 saturated carbocycles. The molecule has 0 aliphatic rings. The van der Waals surface area contributed by atoms with Crippen molar-refractivity contribution in [1.82, 2.24) is 14.7 Å². The van der Waals surface area contributed by atoms with E-state index < -0.39 is 11.7 Å². The van der Waals surface area contributed by atoms with E-state index in [0.717, 1.165) is 42.0 Å². The zero-order chi connectivity index (χ0) is 18.0. The summed E-state index contributed by atoms with van der Waals surface area (Å²) >= 11 is 0. The van der Waals surface area contributed by atoms with Crippen LogP contribution in [0.15, 0.2) is 48.7 Å². The lowest BCUT2D eigenvalue weighted by Gasteiger charge is -2.08. The van der Waals surface area contributed by atoms with Gasteiger partial charge in [0, 0.05) is 18.1 Å². The van der Waals surface area contributed by atoms with Gasteiger partial charge in [-0.2, -0.15) is 18.3 Å². The summed E-state index contributed by atoms with van der Waals surface area (Å²) in [5.74, 6) is 0. The molecule has 0 fully saturated rings. The molecule has 132 valence electrons. The van der Waals surface area contributed by atoms with Crippen LogP contribution in [-0.4, -0.2) is 35.3 Å². The summed E-state index contributed by atoms with van der Waals surface area (Å²) in [6, 6.07) is 11.0. The van der Waals surface area contributed by atoms with E-state index in [-0.39, 0.29) is 0 Å². The van der Waals surface area contributed by atoms with Crippen LogP contribution in [0.2, 0.25) is 0 Å². The number of rotatable bonds is 5. The van der Waals surface area contributed by atoms with E-state index in [1.54, 1.807) is 6.07 Å². The number of hydrogen-bond donors (Lipinski definition) is 0. The Hall–Kier alpha value is -2.34. The molecule has 1 aromatic heterocycles. The molecule has 1 heterocycles. The van der Waals surface area contributed by atoms with Crippen molar-refractivity contribution >= 4 is 10.9 Å². The van der Waals surface area contributed by atoms with Gasteiger partial charge in [0.05, 0.1) is 11.1 Å². The second-order valence-corrected chi connectivity index (χ2v) is 6.40. The maximum Gasteiger partial charge on any atom is 0.416 e. The van der Waals surface area contributed by atoms with E-state index >= 15 is 0 Å². The lowest BCUT2D eigenvalue weighted by atomic mass is 10.0. The highest BCUT2D eigenvalue weighted by Crippen LogP contribution is 2.32. The van der Waals surface area contributed by atoms with E-state index in [9.17, 15) is 13.2 Å². The van der Waals surface area contributed by atoms with E-state index in [1.165, 1.54) is 12.1 Å². The van der Waals surface area contributed by atoms with Gasteiger partial charge in [-0.1, -0.05) is 24.3 Å². The highest BCUT2D eigenvalue weighted by Gasteiger charge is 2.30. The van der Waals surface area contributed by atoms with Crippen LogP contribution in [-0.2, 0) is 12.7 Å². The third-order valence-corrected chi connectivity index (χ3v) is 4.07. The molecule has 3 aromatic rings. The topological polar surface area (TPSA) is 21.1 Å². The standard InChI is InChI=1S/C19H20F3N3/c1-24(2)9-4-10-25-13-16-8-7-15(12-18(16)23-25)14-5-3-6-17(11-14)19(20,21)22/h3,5-8,11-13H,4,9-10H2,1-2H3. The second-order valence-electron chi connectivity index (χ2n) is 6.40. The molecule has 3 nitrogen and oxygen atoms in total. The van der Waals surface area contributed by atoms with Gasteiger partial charge in [-0.05, 0) is 56.4 Å². The molecule has 0 saturated heterocycles. The van der Waals surface area contributed by atoms with Crippen molar-refractivity contribution in [1.29, 1.82) is 0 Å². The van der Waals surface area contributed by atoms with Gasteiger partial charge in [0.15, 0.2) is 0 Å². The fourth-order valence-corrected chi connectivity index (χ4v) is 2.79. The molecule has 0 unspecified atom stereocenters. The zero-order valence-corrected chi connectivity index (χ0v) is 14.2. The monoisotopic (exact) mass is 347 g/mol. The molecule has 2 aromatic carbocycles. The van der Waals surface area contributed by atoms with Gasteiger partial charge in [0.25, 0.3) is 0 Å². The maximum atomic E-state index is 12.9. The first kappa shape index (κ1) is 17.5. The molecule has 0 atom stereocenters. The molecule has 0 radical (unpaired) electrons. The highest BCUT2D eigenvalue weighted by molar-refractivity contribution is 5.84. The predicted octanol–water partition coefficient (Wildman–Crippen LogP) is 4.67. The van der Waals surface area contributed by atoms with Gasteiger partial charge in [-0.3, -0.25) is 4.68 Å². The van der Waals surface area contributed by atoms with Gasteiger partial charge in [0.2, 0.25) is 0 Å². The Labute approximate surface area is 144 Å². The Morgan fingerprint density at radius 3 is 2.52 bits per heavy atom. The minimum Gasteiger partial charge on any atom is -0.309 e. The number of hydrogen-bond acceptors (Lipinski definition) is 2. The van der Waals surface area contributed by atoms with Crippen molar-refractivity contribution < 1.29 is 13.2 Å². The molecule has 0 spiro atoms. The molecule has 25 heavy (non-hydrogen) atoms. The second kappa shape index (κ2) is 6.88. The number of alkyl halides is 3. The largest absolute Gasteiger partial charge is 0.416 e. The van der Waals surface area contributed by atoms with Crippen molar-refractivity contribution in [3.8, 4) is 11.1 Å². The predicted molar refractivity (Wildman–Crippen MR) is 93.3 cm³/mol. The number of fused-ring (bicyclic) bond motifs is 1. The van der Waals surface area contributed by atoms with Crippen LogP contribution in [0.25, 0.3) is 22.0 Å². The lowest BCUT2D eigenvalue weighted by Crippen LogP contribution is -2.15. The molecular formula is C19H20F3N3. The summed E-state index contributed by atoms with van der Waals surface area (Å²) in [4.78, 5) is 2.12. The van der Waals surface area contributed by atoms with Crippen molar-refractivity contribution in [3.63, 3.8) is 0 Å². The fourth-order valence-electron chi connectivity index (χ4n) is 2.79. The molecule has 0 aliphatic heterocycles. The van der Waals surface area contributed by atoms with Crippen molar-refractivity contribution in [2.45, 2.75) is 19.1 Å². The third-order valence-electron chi connectivity index (χ3n) is 4.07. The van der Waals surface area contributed by atoms with E-state index in [0.29, 0.717) is 5.56 Å². The summed E-state index contributed by atoms with van der Waals surface area (Å²) in [6.07, 6.45) is -1.38. The average Bonchev–Trinajstić information content (AvgIpc) is 2.95. The van der Waals surface area contributed by atoms with Crippen molar-refractivity contribution in [2.75, 3.05) is 20.6 Å². The number of benzene rings is 2. The van der Waals surface area contributed by atoms with Gasteiger partial charge in [-0.25, -0.2) is 0 Å². The van der Waals surface area contributed by atoms with Crippen LogP contribution < -0.4 is 0 Å². The fraction of sp³-hybridized carbons (Fsp3) is 0.316. The normalized spacial score (nSPS) is 12.2. The quantitative estimate of drug-likeness (QED) is 0.668. The molecule has 3 rings (SSSR count). The summed E-state index contributed by atoms with van der Waals surface area (Å²) < 4.78 is 40.6. The number of halogens is 3. The maximum absolute atomic E-state index is 12.9. The Balaban J connectivity index is 1.86.